The van der Waals surface area contributed by atoms with Crippen LogP contribution in [0.2, 0.25) is 0 Å². The molecule has 0 aliphatic rings. The fourth-order valence-electron chi connectivity index (χ4n) is 3.44. The molecular formula is C24H31NO5. The molecule has 1 N–H and O–H groups in total. The van der Waals surface area contributed by atoms with Crippen molar-refractivity contribution in [1.29, 1.82) is 0 Å². The predicted octanol–water partition coefficient (Wildman–Crippen LogP) is 4.91. The van der Waals surface area contributed by atoms with E-state index < -0.39 is 17.7 Å². The number of pyridine rings is 1. The molecule has 162 valence electrons. The fraction of sp³-hybridized carbons (Fsp3) is 0.458. The summed E-state index contributed by atoms with van der Waals surface area (Å²) in [6.07, 6.45) is 3.98. The van der Waals surface area contributed by atoms with Crippen LogP contribution in [0.15, 0.2) is 42.6 Å². The number of aromatic nitrogens is 1. The van der Waals surface area contributed by atoms with E-state index in [-0.39, 0.29) is 35.6 Å². The van der Waals surface area contributed by atoms with Gasteiger partial charge in [-0.15, -0.1) is 0 Å². The number of hydrogen-bond donors (Lipinski definition) is 1. The zero-order chi connectivity index (χ0) is 22.1. The maximum Gasteiger partial charge on any atom is 0.309 e. The molecule has 0 saturated carbocycles. The van der Waals surface area contributed by atoms with E-state index >= 15 is 0 Å². The van der Waals surface area contributed by atoms with E-state index in [4.69, 9.17) is 9.47 Å². The Morgan fingerprint density at radius 3 is 2.47 bits per heavy atom. The Morgan fingerprint density at radius 1 is 1.13 bits per heavy atom. The second kappa shape index (κ2) is 11.3. The third kappa shape index (κ3) is 6.05. The molecule has 0 spiro atoms. The molecule has 1 heterocycles. The summed E-state index contributed by atoms with van der Waals surface area (Å²) in [6.45, 7) is 5.68. The molecule has 0 radical (unpaired) electrons. The normalized spacial score (nSPS) is 13.9. The number of carbonyl (C=O) groups is 2. The van der Waals surface area contributed by atoms with E-state index in [1.807, 2.05) is 25.1 Å². The van der Waals surface area contributed by atoms with Crippen molar-refractivity contribution in [3.05, 3.63) is 53.9 Å². The number of methoxy groups -OCH3 is 1. The summed E-state index contributed by atoms with van der Waals surface area (Å²) in [4.78, 5) is 29.1. The van der Waals surface area contributed by atoms with Crippen molar-refractivity contribution in [2.45, 2.75) is 58.5 Å². The monoisotopic (exact) mass is 413 g/mol. The van der Waals surface area contributed by atoms with Crippen molar-refractivity contribution in [3.63, 3.8) is 0 Å². The minimum atomic E-state index is -0.657. The number of unbranched alkanes of at least 4 members (excludes halogenated alkanes) is 1. The lowest BCUT2D eigenvalue weighted by Crippen LogP contribution is -2.27. The van der Waals surface area contributed by atoms with Gasteiger partial charge in [0, 0.05) is 24.6 Å². The Bertz CT molecular complexity index is 837. The molecular weight excluding hydrogens is 382 g/mol. The Balaban J connectivity index is 2.03. The van der Waals surface area contributed by atoms with Crippen molar-refractivity contribution in [3.8, 4) is 11.5 Å². The van der Waals surface area contributed by atoms with Gasteiger partial charge in [0.1, 0.15) is 6.10 Å². The molecule has 2 aromatic rings. The van der Waals surface area contributed by atoms with Crippen molar-refractivity contribution in [2.24, 2.45) is 5.92 Å². The van der Waals surface area contributed by atoms with Crippen LogP contribution in [0.25, 0.3) is 0 Å². The number of aromatic hydroxyl groups is 1. The maximum absolute atomic E-state index is 12.7. The summed E-state index contributed by atoms with van der Waals surface area (Å²) >= 11 is 0. The summed E-state index contributed by atoms with van der Waals surface area (Å²) in [5.74, 6) is -1.58. The maximum atomic E-state index is 12.7. The first-order chi connectivity index (χ1) is 14.4. The molecule has 0 unspecified atom stereocenters. The van der Waals surface area contributed by atoms with Crippen molar-refractivity contribution in [1.82, 2.24) is 4.98 Å². The molecule has 6 heteroatoms. The van der Waals surface area contributed by atoms with E-state index in [0.29, 0.717) is 0 Å². The molecule has 0 amide bonds. The fourth-order valence-corrected chi connectivity index (χ4v) is 3.44. The zero-order valence-corrected chi connectivity index (χ0v) is 18.1. The second-order valence-corrected chi connectivity index (χ2v) is 7.54. The Morgan fingerprint density at radius 2 is 1.83 bits per heavy atom. The number of ether oxygens (including phenoxy) is 2. The van der Waals surface area contributed by atoms with Crippen molar-refractivity contribution >= 4 is 11.8 Å². The third-order valence-corrected chi connectivity index (χ3v) is 5.23. The highest BCUT2D eigenvalue weighted by Gasteiger charge is 2.27. The Hall–Kier alpha value is -2.89. The van der Waals surface area contributed by atoms with Gasteiger partial charge in [0.15, 0.2) is 23.0 Å². The van der Waals surface area contributed by atoms with Gasteiger partial charge in [-0.1, -0.05) is 57.0 Å². The minimum Gasteiger partial charge on any atom is -0.503 e. The molecule has 1 aromatic carbocycles. The molecule has 3 atom stereocenters. The van der Waals surface area contributed by atoms with Crippen molar-refractivity contribution < 1.29 is 24.2 Å². The number of carbonyl (C=O) groups excluding carboxylic acids is 2. The summed E-state index contributed by atoms with van der Waals surface area (Å²) in [7, 11) is 1.40. The van der Waals surface area contributed by atoms with Gasteiger partial charge in [0.2, 0.25) is 0 Å². The molecule has 30 heavy (non-hydrogen) atoms. The number of benzene rings is 1. The van der Waals surface area contributed by atoms with E-state index in [0.717, 1.165) is 24.8 Å². The van der Waals surface area contributed by atoms with Crippen LogP contribution in [-0.4, -0.2) is 35.1 Å². The first kappa shape index (κ1) is 23.4. The van der Waals surface area contributed by atoms with E-state index in [1.165, 1.54) is 19.4 Å². The van der Waals surface area contributed by atoms with Crippen LogP contribution in [0.4, 0.5) is 0 Å². The molecule has 0 fully saturated rings. The minimum absolute atomic E-state index is 0.0992. The number of rotatable bonds is 11. The smallest absolute Gasteiger partial charge is 0.309 e. The standard InChI is InChI=1S/C24H31NO5/c1-5-6-12-19(18-10-8-7-9-11-18)17(3)30-24(28)16(2)15-20(26)22-23(27)21(29-4)13-14-25-22/h7-11,13-14,16-17,19,27H,5-6,12,15H2,1-4H3/t16-,17+,19+/m1/s1. The summed E-state index contributed by atoms with van der Waals surface area (Å²) in [5, 5.41) is 10.1. The first-order valence-corrected chi connectivity index (χ1v) is 10.4. The third-order valence-electron chi connectivity index (χ3n) is 5.23. The van der Waals surface area contributed by atoms with Gasteiger partial charge in [0.25, 0.3) is 0 Å². The summed E-state index contributed by atoms with van der Waals surface area (Å²) < 4.78 is 10.7. The largest absolute Gasteiger partial charge is 0.503 e. The van der Waals surface area contributed by atoms with E-state index in [1.54, 1.807) is 6.92 Å². The zero-order valence-electron chi connectivity index (χ0n) is 18.1. The molecule has 0 bridgehead atoms. The quantitative estimate of drug-likeness (QED) is 0.416. The molecule has 2 rings (SSSR count). The van der Waals surface area contributed by atoms with Crippen LogP contribution < -0.4 is 4.74 Å². The van der Waals surface area contributed by atoms with Gasteiger partial charge < -0.3 is 14.6 Å². The van der Waals surface area contributed by atoms with Crippen LogP contribution in [0.5, 0.6) is 11.5 Å². The van der Waals surface area contributed by atoms with Crippen LogP contribution in [0.3, 0.4) is 0 Å². The SMILES string of the molecule is CCCC[C@H](c1ccccc1)[C@H](C)OC(=O)[C@H](C)CC(=O)c1nccc(OC)c1O. The topological polar surface area (TPSA) is 85.7 Å². The lowest BCUT2D eigenvalue weighted by molar-refractivity contribution is -0.153. The lowest BCUT2D eigenvalue weighted by atomic mass is 9.89. The number of hydrogen-bond acceptors (Lipinski definition) is 6. The summed E-state index contributed by atoms with van der Waals surface area (Å²) in [5.41, 5.74) is 1.03. The molecule has 0 aliphatic heterocycles. The average Bonchev–Trinajstić information content (AvgIpc) is 2.74. The number of esters is 1. The van der Waals surface area contributed by atoms with E-state index in [2.05, 4.69) is 24.0 Å². The predicted molar refractivity (Wildman–Crippen MR) is 115 cm³/mol. The van der Waals surface area contributed by atoms with Gasteiger partial charge in [-0.05, 0) is 18.9 Å². The van der Waals surface area contributed by atoms with Crippen LogP contribution in [0, 0.1) is 5.92 Å². The van der Waals surface area contributed by atoms with Gasteiger partial charge in [-0.25, -0.2) is 4.98 Å². The highest BCUT2D eigenvalue weighted by atomic mass is 16.5. The molecule has 6 nitrogen and oxygen atoms in total. The average molecular weight is 414 g/mol. The highest BCUT2D eigenvalue weighted by molar-refractivity contribution is 5.99. The Kier molecular flexibility index (Phi) is 8.84. The first-order valence-electron chi connectivity index (χ1n) is 10.4. The van der Waals surface area contributed by atoms with Crippen LogP contribution in [0.1, 0.15) is 68.4 Å². The van der Waals surface area contributed by atoms with Gasteiger partial charge in [-0.3, -0.25) is 9.59 Å². The van der Waals surface area contributed by atoms with E-state index in [9.17, 15) is 14.7 Å². The number of ketones is 1. The number of nitrogens with zero attached hydrogens (tertiary/aromatic N) is 1. The number of Topliss-reactive ketones (excluding diaryl/α,β-unsaturated/α-hetero) is 1. The van der Waals surface area contributed by atoms with Crippen LogP contribution in [-0.2, 0) is 9.53 Å². The van der Waals surface area contributed by atoms with Gasteiger partial charge >= 0.3 is 5.97 Å². The van der Waals surface area contributed by atoms with Crippen molar-refractivity contribution in [2.75, 3.05) is 7.11 Å². The summed E-state index contributed by atoms with van der Waals surface area (Å²) in [6, 6.07) is 11.5. The van der Waals surface area contributed by atoms with Gasteiger partial charge in [-0.2, -0.15) is 0 Å². The molecule has 0 aliphatic carbocycles. The highest BCUT2D eigenvalue weighted by Crippen LogP contribution is 2.30. The molecule has 1 aromatic heterocycles. The second-order valence-electron chi connectivity index (χ2n) is 7.54. The molecule has 0 saturated heterocycles. The van der Waals surface area contributed by atoms with Crippen LogP contribution >= 0.6 is 0 Å². The Labute approximate surface area is 178 Å². The van der Waals surface area contributed by atoms with Gasteiger partial charge in [0.05, 0.1) is 13.0 Å². The lowest BCUT2D eigenvalue weighted by Gasteiger charge is -2.25.